The van der Waals surface area contributed by atoms with Crippen LogP contribution in [0.15, 0.2) is 48.5 Å². The summed E-state index contributed by atoms with van der Waals surface area (Å²) in [5.41, 5.74) is 7.85. The van der Waals surface area contributed by atoms with E-state index < -0.39 is 6.04 Å². The Labute approximate surface area is 248 Å². The van der Waals surface area contributed by atoms with Crippen molar-refractivity contribution >= 4 is 35.0 Å². The minimum absolute atomic E-state index is 0.0743. The van der Waals surface area contributed by atoms with Gasteiger partial charge in [-0.2, -0.15) is 0 Å². The summed E-state index contributed by atoms with van der Waals surface area (Å²) in [6.45, 7) is 5.11. The van der Waals surface area contributed by atoms with Gasteiger partial charge in [0.2, 0.25) is 11.8 Å². The van der Waals surface area contributed by atoms with Gasteiger partial charge in [-0.05, 0) is 49.1 Å². The maximum Gasteiger partial charge on any atom is 0.245 e. The van der Waals surface area contributed by atoms with E-state index in [1.165, 1.54) is 37.7 Å². The topological polar surface area (TPSA) is 90.7 Å². The predicted molar refractivity (Wildman–Crippen MR) is 163 cm³/mol. The van der Waals surface area contributed by atoms with Crippen molar-refractivity contribution in [1.29, 1.82) is 0 Å². The van der Waals surface area contributed by atoms with Crippen LogP contribution < -0.4 is 16.4 Å². The number of piperazine rings is 1. The second kappa shape index (κ2) is 15.2. The molecular formula is C31H43Cl2N5O2. The highest BCUT2D eigenvalue weighted by Gasteiger charge is 2.40. The molecule has 0 spiro atoms. The van der Waals surface area contributed by atoms with Crippen LogP contribution in [0, 0.1) is 0 Å². The molecule has 0 bridgehead atoms. The van der Waals surface area contributed by atoms with E-state index in [2.05, 4.69) is 45.9 Å². The first-order valence-corrected chi connectivity index (χ1v) is 15.4. The fourth-order valence-electron chi connectivity index (χ4n) is 6.14. The van der Waals surface area contributed by atoms with Gasteiger partial charge in [0.1, 0.15) is 6.04 Å². The minimum atomic E-state index is -0.701. The van der Waals surface area contributed by atoms with Gasteiger partial charge >= 0.3 is 0 Å². The Kier molecular flexibility index (Phi) is 11.7. The zero-order valence-corrected chi connectivity index (χ0v) is 24.9. The number of halogens is 2. The lowest BCUT2D eigenvalue weighted by molar-refractivity contribution is -0.139. The highest BCUT2D eigenvalue weighted by molar-refractivity contribution is 6.35. The standard InChI is InChI=1S/C31H43Cl2N5O2/c32-26-10-9-25(27(33)22-26)21-28(36-29(39)11-15-34)30(40)37-17-19-38(20-18-37)31(13-5-2-6-14-31)23-35-16-12-24-7-3-1-4-8-24/h1,3-4,7-10,22,28,35H,2,5-6,11-21,23,34H2,(H,36,39)/t28-/m1/s1. The lowest BCUT2D eigenvalue weighted by atomic mass is 9.79. The van der Waals surface area contributed by atoms with E-state index in [-0.39, 0.29) is 30.3 Å². The Morgan fingerprint density at radius 1 is 0.975 bits per heavy atom. The first-order valence-electron chi connectivity index (χ1n) is 14.6. The third kappa shape index (κ3) is 8.43. The largest absolute Gasteiger partial charge is 0.344 e. The van der Waals surface area contributed by atoms with Crippen molar-refractivity contribution in [2.45, 2.75) is 62.9 Å². The number of nitrogens with two attached hydrogens (primary N) is 1. The van der Waals surface area contributed by atoms with Gasteiger partial charge < -0.3 is 21.3 Å². The van der Waals surface area contributed by atoms with Gasteiger partial charge in [0, 0.05) is 67.7 Å². The van der Waals surface area contributed by atoms with Crippen LogP contribution in [0.1, 0.15) is 49.7 Å². The zero-order valence-electron chi connectivity index (χ0n) is 23.3. The molecule has 9 heteroatoms. The van der Waals surface area contributed by atoms with Crippen molar-refractivity contribution in [3.8, 4) is 0 Å². The molecule has 1 saturated carbocycles. The van der Waals surface area contributed by atoms with Crippen LogP contribution in [0.5, 0.6) is 0 Å². The molecule has 2 aromatic carbocycles. The van der Waals surface area contributed by atoms with Crippen molar-refractivity contribution < 1.29 is 9.59 Å². The first kappa shape index (κ1) is 30.8. The molecule has 4 rings (SSSR count). The number of rotatable bonds is 12. The van der Waals surface area contributed by atoms with E-state index in [0.717, 1.165) is 38.2 Å². The van der Waals surface area contributed by atoms with E-state index in [9.17, 15) is 9.59 Å². The SMILES string of the molecule is NCCC(=O)N[C@H](Cc1ccc(Cl)cc1Cl)C(=O)N1CCN(C2(CNCCc3ccccc3)CCCCC2)CC1. The Morgan fingerprint density at radius 2 is 1.70 bits per heavy atom. The summed E-state index contributed by atoms with van der Waals surface area (Å²) < 4.78 is 0. The number of nitrogens with zero attached hydrogens (tertiary/aromatic N) is 2. The van der Waals surface area contributed by atoms with Crippen LogP contribution in [0.25, 0.3) is 0 Å². The van der Waals surface area contributed by atoms with Crippen LogP contribution in [-0.4, -0.2) is 79.0 Å². The van der Waals surface area contributed by atoms with Crippen molar-refractivity contribution in [1.82, 2.24) is 20.4 Å². The molecule has 1 atom stereocenters. The molecule has 1 aliphatic heterocycles. The lowest BCUT2D eigenvalue weighted by Crippen LogP contribution is -2.63. The molecule has 4 N–H and O–H groups in total. The van der Waals surface area contributed by atoms with Gasteiger partial charge in [-0.1, -0.05) is 78.9 Å². The fraction of sp³-hybridized carbons (Fsp3) is 0.548. The van der Waals surface area contributed by atoms with Gasteiger partial charge in [-0.25, -0.2) is 0 Å². The number of benzene rings is 2. The molecule has 7 nitrogen and oxygen atoms in total. The number of amides is 2. The monoisotopic (exact) mass is 587 g/mol. The molecule has 0 aromatic heterocycles. The third-order valence-corrected chi connectivity index (χ3v) is 8.96. The molecule has 0 radical (unpaired) electrons. The molecule has 2 amide bonds. The summed E-state index contributed by atoms with van der Waals surface area (Å²) in [5, 5.41) is 7.69. The molecule has 1 aliphatic carbocycles. The number of carbonyl (C=O) groups excluding carboxylic acids is 2. The van der Waals surface area contributed by atoms with E-state index >= 15 is 0 Å². The predicted octanol–water partition coefficient (Wildman–Crippen LogP) is 4.05. The number of nitrogens with one attached hydrogen (secondary N) is 2. The van der Waals surface area contributed by atoms with Gasteiger partial charge in [-0.3, -0.25) is 14.5 Å². The molecule has 0 unspecified atom stereocenters. The molecular weight excluding hydrogens is 545 g/mol. The van der Waals surface area contributed by atoms with Gasteiger partial charge in [0.25, 0.3) is 0 Å². The van der Waals surface area contributed by atoms with E-state index in [0.29, 0.717) is 29.6 Å². The van der Waals surface area contributed by atoms with Crippen molar-refractivity contribution in [2.75, 3.05) is 45.8 Å². The Bertz CT molecular complexity index is 1100. The summed E-state index contributed by atoms with van der Waals surface area (Å²) in [4.78, 5) is 30.7. The average molecular weight is 589 g/mol. The molecule has 218 valence electrons. The minimum Gasteiger partial charge on any atom is -0.344 e. The summed E-state index contributed by atoms with van der Waals surface area (Å²) in [6.07, 6.45) is 7.66. The quantitative estimate of drug-likeness (QED) is 0.326. The third-order valence-electron chi connectivity index (χ3n) is 8.38. The highest BCUT2D eigenvalue weighted by atomic mass is 35.5. The molecule has 1 saturated heterocycles. The van der Waals surface area contributed by atoms with Crippen molar-refractivity contribution in [2.24, 2.45) is 5.73 Å². The summed E-state index contributed by atoms with van der Waals surface area (Å²) in [6, 6.07) is 15.1. The molecule has 2 fully saturated rings. The van der Waals surface area contributed by atoms with Gasteiger partial charge in [0.15, 0.2) is 0 Å². The van der Waals surface area contributed by atoms with Crippen LogP contribution in [0.2, 0.25) is 10.0 Å². The maximum absolute atomic E-state index is 13.7. The highest BCUT2D eigenvalue weighted by Crippen LogP contribution is 2.34. The molecule has 1 heterocycles. The Balaban J connectivity index is 1.37. The Hall–Kier alpha value is -2.16. The number of hydrogen-bond acceptors (Lipinski definition) is 5. The van der Waals surface area contributed by atoms with Crippen LogP contribution >= 0.6 is 23.2 Å². The first-order chi connectivity index (χ1) is 19.4. The van der Waals surface area contributed by atoms with Crippen molar-refractivity contribution in [3.05, 3.63) is 69.7 Å². The van der Waals surface area contributed by atoms with E-state index in [4.69, 9.17) is 28.9 Å². The van der Waals surface area contributed by atoms with Crippen molar-refractivity contribution in [3.63, 3.8) is 0 Å². The number of carbonyl (C=O) groups is 2. The maximum atomic E-state index is 13.7. The normalized spacial score (nSPS) is 18.3. The summed E-state index contributed by atoms with van der Waals surface area (Å²) >= 11 is 12.5. The zero-order chi connectivity index (χ0) is 28.4. The second-order valence-electron chi connectivity index (χ2n) is 11.1. The molecule has 2 aliphatic rings. The van der Waals surface area contributed by atoms with Gasteiger partial charge in [0.05, 0.1) is 0 Å². The van der Waals surface area contributed by atoms with Gasteiger partial charge in [-0.15, -0.1) is 0 Å². The number of hydrogen-bond donors (Lipinski definition) is 3. The smallest absolute Gasteiger partial charge is 0.245 e. The van der Waals surface area contributed by atoms with E-state index in [1.54, 1.807) is 12.1 Å². The average Bonchev–Trinajstić information content (AvgIpc) is 2.97. The van der Waals surface area contributed by atoms with Crippen LogP contribution in [-0.2, 0) is 22.4 Å². The fourth-order valence-corrected chi connectivity index (χ4v) is 6.63. The summed E-state index contributed by atoms with van der Waals surface area (Å²) in [5.74, 6) is -0.304. The summed E-state index contributed by atoms with van der Waals surface area (Å²) in [7, 11) is 0. The Morgan fingerprint density at radius 3 is 2.38 bits per heavy atom. The molecule has 40 heavy (non-hydrogen) atoms. The lowest BCUT2D eigenvalue weighted by Gasteiger charge is -2.50. The van der Waals surface area contributed by atoms with Crippen LogP contribution in [0.3, 0.4) is 0 Å². The van der Waals surface area contributed by atoms with E-state index in [1.807, 2.05) is 11.0 Å². The van der Waals surface area contributed by atoms with Crippen LogP contribution in [0.4, 0.5) is 0 Å². The molecule has 2 aromatic rings. The second-order valence-corrected chi connectivity index (χ2v) is 12.0.